The van der Waals surface area contributed by atoms with Gasteiger partial charge in [-0.3, -0.25) is 4.90 Å². The van der Waals surface area contributed by atoms with Crippen LogP contribution in [0.5, 0.6) is 0 Å². The summed E-state index contributed by atoms with van der Waals surface area (Å²) in [5.41, 5.74) is 0. The van der Waals surface area contributed by atoms with E-state index in [9.17, 15) is 13.2 Å². The Morgan fingerprint density at radius 3 is 2.64 bits per heavy atom. The van der Waals surface area contributed by atoms with Crippen LogP contribution in [0, 0.1) is 0 Å². The van der Waals surface area contributed by atoms with E-state index in [0.717, 1.165) is 6.42 Å². The van der Waals surface area contributed by atoms with Crippen LogP contribution in [0.25, 0.3) is 0 Å². The summed E-state index contributed by atoms with van der Waals surface area (Å²) in [5, 5.41) is 8.87. The summed E-state index contributed by atoms with van der Waals surface area (Å²) in [5.74, 6) is 0. The van der Waals surface area contributed by atoms with Gasteiger partial charge in [0.15, 0.2) is 6.10 Å². The van der Waals surface area contributed by atoms with Crippen LogP contribution < -0.4 is 0 Å². The molecule has 0 amide bonds. The van der Waals surface area contributed by atoms with Crippen LogP contribution in [-0.4, -0.2) is 54.1 Å². The van der Waals surface area contributed by atoms with Crippen molar-refractivity contribution >= 4 is 0 Å². The van der Waals surface area contributed by atoms with Crippen molar-refractivity contribution in [2.75, 3.05) is 19.7 Å². The van der Waals surface area contributed by atoms with Gasteiger partial charge in [-0.1, -0.05) is 0 Å². The number of nitrogens with zero attached hydrogens (tertiary/aromatic N) is 1. The second-order valence-corrected chi connectivity index (χ2v) is 3.86. The van der Waals surface area contributed by atoms with E-state index in [2.05, 4.69) is 0 Å². The Morgan fingerprint density at radius 1 is 1.50 bits per heavy atom. The molecule has 2 rings (SSSR count). The van der Waals surface area contributed by atoms with E-state index in [1.54, 1.807) is 4.90 Å². The molecular weight excluding hydrogens is 199 g/mol. The van der Waals surface area contributed by atoms with Gasteiger partial charge in [-0.2, -0.15) is 13.2 Å². The van der Waals surface area contributed by atoms with Crippen molar-refractivity contribution in [3.63, 3.8) is 0 Å². The van der Waals surface area contributed by atoms with Crippen LogP contribution in [0.2, 0.25) is 0 Å². The first-order chi connectivity index (χ1) is 6.47. The fourth-order valence-electron chi connectivity index (χ4n) is 2.03. The van der Waals surface area contributed by atoms with Crippen LogP contribution in [0.15, 0.2) is 0 Å². The van der Waals surface area contributed by atoms with Gasteiger partial charge in [0, 0.05) is 19.1 Å². The first-order valence-electron chi connectivity index (χ1n) is 4.57. The number of aliphatic hydroxyl groups excluding tert-OH is 1. The maximum absolute atomic E-state index is 12.0. The molecule has 3 nitrogen and oxygen atoms in total. The Hall–Kier alpha value is -0.330. The highest BCUT2D eigenvalue weighted by Crippen LogP contribution is 2.29. The molecule has 0 radical (unpaired) electrons. The number of hydrogen-bond donors (Lipinski definition) is 1. The Morgan fingerprint density at radius 2 is 2.21 bits per heavy atom. The summed E-state index contributed by atoms with van der Waals surface area (Å²) in [6.45, 7) is 0.682. The number of alkyl halides is 3. The summed E-state index contributed by atoms with van der Waals surface area (Å²) in [6, 6.07) is 0.0667. The van der Waals surface area contributed by atoms with E-state index in [1.807, 2.05) is 0 Å². The van der Waals surface area contributed by atoms with Gasteiger partial charge in [-0.15, -0.1) is 0 Å². The van der Waals surface area contributed by atoms with E-state index in [0.29, 0.717) is 13.2 Å². The van der Waals surface area contributed by atoms with Crippen molar-refractivity contribution < 1.29 is 23.0 Å². The minimum absolute atomic E-state index is 0.0667. The number of hydrogen-bond acceptors (Lipinski definition) is 3. The number of morpholine rings is 1. The molecule has 0 aliphatic carbocycles. The highest BCUT2D eigenvalue weighted by atomic mass is 19.4. The molecule has 0 saturated carbocycles. The number of β-amino-alcohol motifs (C(OH)–C–C–N with tert-alkyl or cyclic N) is 1. The maximum Gasteiger partial charge on any atom is 0.415 e. The van der Waals surface area contributed by atoms with Crippen molar-refractivity contribution in [1.29, 1.82) is 0 Å². The van der Waals surface area contributed by atoms with E-state index < -0.39 is 12.3 Å². The van der Waals surface area contributed by atoms with Gasteiger partial charge in [0.1, 0.15) is 0 Å². The summed E-state index contributed by atoms with van der Waals surface area (Å²) in [6.07, 6.45) is -5.88. The molecule has 0 spiro atoms. The van der Waals surface area contributed by atoms with Crippen LogP contribution in [0.3, 0.4) is 0 Å². The van der Waals surface area contributed by atoms with Crippen molar-refractivity contribution in [1.82, 2.24) is 4.90 Å². The van der Waals surface area contributed by atoms with Gasteiger partial charge in [-0.25, -0.2) is 0 Å². The minimum Gasteiger partial charge on any atom is -0.382 e. The molecule has 2 aliphatic heterocycles. The highest BCUT2D eigenvalue weighted by molar-refractivity contribution is 4.92. The molecule has 3 unspecified atom stereocenters. The molecule has 2 bridgehead atoms. The molecule has 3 atom stereocenters. The molecule has 0 aromatic heterocycles. The van der Waals surface area contributed by atoms with E-state index in [-0.39, 0.29) is 18.7 Å². The molecule has 2 fully saturated rings. The number of ether oxygens (including phenoxy) is 1. The van der Waals surface area contributed by atoms with Crippen molar-refractivity contribution in [3.8, 4) is 0 Å². The molecule has 6 heteroatoms. The Labute approximate surface area is 79.4 Å². The first-order valence-corrected chi connectivity index (χ1v) is 4.57. The van der Waals surface area contributed by atoms with Crippen LogP contribution >= 0.6 is 0 Å². The molecular formula is C8H12F3NO2. The molecule has 2 saturated heterocycles. The summed E-state index contributed by atoms with van der Waals surface area (Å²) in [7, 11) is 0. The quantitative estimate of drug-likeness (QED) is 0.716. The van der Waals surface area contributed by atoms with Gasteiger partial charge in [0.05, 0.1) is 12.7 Å². The van der Waals surface area contributed by atoms with Gasteiger partial charge in [-0.05, 0) is 6.42 Å². The van der Waals surface area contributed by atoms with Crippen molar-refractivity contribution in [3.05, 3.63) is 0 Å². The lowest BCUT2D eigenvalue weighted by Crippen LogP contribution is -2.46. The van der Waals surface area contributed by atoms with E-state index >= 15 is 0 Å². The lowest BCUT2D eigenvalue weighted by atomic mass is 10.2. The highest BCUT2D eigenvalue weighted by Gasteiger charge is 2.44. The maximum atomic E-state index is 12.0. The zero-order valence-corrected chi connectivity index (χ0v) is 7.50. The fourth-order valence-corrected chi connectivity index (χ4v) is 2.03. The number of rotatable bonds is 2. The van der Waals surface area contributed by atoms with Gasteiger partial charge in [0.25, 0.3) is 0 Å². The third-order valence-electron chi connectivity index (χ3n) is 2.80. The smallest absolute Gasteiger partial charge is 0.382 e. The minimum atomic E-state index is -4.51. The van der Waals surface area contributed by atoms with Crippen molar-refractivity contribution in [2.45, 2.75) is 30.8 Å². The zero-order valence-electron chi connectivity index (χ0n) is 7.50. The van der Waals surface area contributed by atoms with E-state index in [4.69, 9.17) is 9.84 Å². The van der Waals surface area contributed by atoms with Crippen LogP contribution in [-0.2, 0) is 4.74 Å². The molecule has 0 aromatic rings. The lowest BCUT2D eigenvalue weighted by Gasteiger charge is -2.29. The molecule has 0 aromatic carbocycles. The zero-order chi connectivity index (χ0) is 10.3. The van der Waals surface area contributed by atoms with Gasteiger partial charge < -0.3 is 9.84 Å². The average molecular weight is 211 g/mol. The van der Waals surface area contributed by atoms with Crippen LogP contribution in [0.1, 0.15) is 6.42 Å². The number of fused-ring (bicyclic) bond motifs is 2. The summed E-state index contributed by atoms with van der Waals surface area (Å²) in [4.78, 5) is 1.66. The normalized spacial score (nSPS) is 35.1. The van der Waals surface area contributed by atoms with E-state index in [1.165, 1.54) is 0 Å². The Bertz CT molecular complexity index is 221. The Kier molecular flexibility index (Phi) is 2.45. The Balaban J connectivity index is 1.87. The topological polar surface area (TPSA) is 32.7 Å². The van der Waals surface area contributed by atoms with Gasteiger partial charge >= 0.3 is 6.18 Å². The second-order valence-electron chi connectivity index (χ2n) is 3.86. The summed E-state index contributed by atoms with van der Waals surface area (Å²) < 4.78 is 41.4. The second kappa shape index (κ2) is 3.36. The fraction of sp³-hybridized carbons (Fsp3) is 1.00. The molecule has 14 heavy (non-hydrogen) atoms. The third kappa shape index (κ3) is 1.87. The number of halogens is 3. The molecule has 1 N–H and O–H groups in total. The molecule has 2 heterocycles. The number of aliphatic hydroxyl groups is 1. The SMILES string of the molecule is OC(CN1CC2CC1CO2)C(F)(F)F. The first kappa shape index (κ1) is 10.2. The largest absolute Gasteiger partial charge is 0.415 e. The van der Waals surface area contributed by atoms with Crippen LogP contribution in [0.4, 0.5) is 13.2 Å². The van der Waals surface area contributed by atoms with Crippen molar-refractivity contribution in [2.24, 2.45) is 0 Å². The standard InChI is InChI=1S/C8H12F3NO2/c9-8(10,11)7(13)3-12-2-6-1-5(12)4-14-6/h5-7,13H,1-4H2. The monoisotopic (exact) mass is 211 g/mol. The molecule has 82 valence electrons. The summed E-state index contributed by atoms with van der Waals surface area (Å²) >= 11 is 0. The predicted octanol–water partition coefficient (Wildman–Crippen LogP) is 0.383. The third-order valence-corrected chi connectivity index (χ3v) is 2.80. The van der Waals surface area contributed by atoms with Gasteiger partial charge in [0.2, 0.25) is 0 Å². The number of likely N-dealkylation sites (tertiary alicyclic amines) is 1. The molecule has 2 aliphatic rings. The average Bonchev–Trinajstić information content (AvgIpc) is 2.62. The lowest BCUT2D eigenvalue weighted by molar-refractivity contribution is -0.210. The predicted molar refractivity (Wildman–Crippen MR) is 41.8 cm³/mol.